The molecule has 0 bridgehead atoms. The molecule has 0 aliphatic rings. The maximum absolute atomic E-state index is 13.4. The first-order chi connectivity index (χ1) is 11.4. The molecule has 126 valence electrons. The molecule has 6 heteroatoms. The van der Waals surface area contributed by atoms with Crippen molar-refractivity contribution >= 4 is 12.4 Å². The van der Waals surface area contributed by atoms with E-state index in [1.807, 2.05) is 24.3 Å². The van der Waals surface area contributed by atoms with E-state index < -0.39 is 17.6 Å². The fourth-order valence-electron chi connectivity index (χ4n) is 2.10. The van der Waals surface area contributed by atoms with Gasteiger partial charge in [0.05, 0.1) is 18.0 Å². The lowest BCUT2D eigenvalue weighted by Crippen LogP contribution is -2.08. The molecular weight excluding hydrogens is 320 g/mol. The highest BCUT2D eigenvalue weighted by molar-refractivity contribution is 5.82. The number of halogens is 4. The van der Waals surface area contributed by atoms with E-state index in [1.165, 1.54) is 18.0 Å². The normalized spacial score (nSPS) is 12.4. The van der Waals surface area contributed by atoms with E-state index in [9.17, 15) is 17.6 Å². The predicted molar refractivity (Wildman–Crippen MR) is 87.0 cm³/mol. The molecule has 0 fully saturated rings. The number of alkyl halides is 3. The van der Waals surface area contributed by atoms with Crippen molar-refractivity contribution in [2.45, 2.75) is 25.9 Å². The predicted octanol–water partition coefficient (Wildman–Crippen LogP) is 5.25. The molecule has 0 saturated carbocycles. The van der Waals surface area contributed by atoms with Gasteiger partial charge in [0.1, 0.15) is 5.82 Å². The molecule has 0 heterocycles. The Morgan fingerprint density at radius 2 is 1.50 bits per heavy atom. The summed E-state index contributed by atoms with van der Waals surface area (Å²) in [6.45, 7) is 2.11. The smallest absolute Gasteiger partial charge is 0.206 e. The van der Waals surface area contributed by atoms with E-state index in [0.717, 1.165) is 30.5 Å². The minimum atomic E-state index is -4.71. The Hall–Kier alpha value is -2.50. The van der Waals surface area contributed by atoms with Crippen molar-refractivity contribution in [3.05, 3.63) is 70.5 Å². The van der Waals surface area contributed by atoms with Gasteiger partial charge in [0, 0.05) is 0 Å². The van der Waals surface area contributed by atoms with E-state index in [1.54, 1.807) is 0 Å². The zero-order valence-corrected chi connectivity index (χ0v) is 13.0. The van der Waals surface area contributed by atoms with Crippen LogP contribution in [0.15, 0.2) is 52.7 Å². The molecule has 24 heavy (non-hydrogen) atoms. The zero-order valence-electron chi connectivity index (χ0n) is 13.0. The molecule has 2 nitrogen and oxygen atoms in total. The zero-order chi connectivity index (χ0) is 17.6. The quantitative estimate of drug-likeness (QED) is 0.405. The SMILES string of the molecule is CCCc1ccc(/C=N/N=C/c2ccc(C(F)(F)F)c(F)c2)cc1. The van der Waals surface area contributed by atoms with Crippen molar-refractivity contribution in [2.75, 3.05) is 0 Å². The van der Waals surface area contributed by atoms with Crippen molar-refractivity contribution in [2.24, 2.45) is 10.2 Å². The summed E-state index contributed by atoms with van der Waals surface area (Å²) in [5.74, 6) is -1.33. The lowest BCUT2D eigenvalue weighted by molar-refractivity contribution is -0.140. The second-order valence-electron chi connectivity index (χ2n) is 5.22. The summed E-state index contributed by atoms with van der Waals surface area (Å²) < 4.78 is 50.8. The highest BCUT2D eigenvalue weighted by Crippen LogP contribution is 2.31. The number of nitrogens with zero attached hydrogens (tertiary/aromatic N) is 2. The molecule has 0 aromatic heterocycles. The molecule has 2 aromatic carbocycles. The van der Waals surface area contributed by atoms with Crippen LogP contribution in [-0.2, 0) is 12.6 Å². The Morgan fingerprint density at radius 3 is 2.04 bits per heavy atom. The van der Waals surface area contributed by atoms with Crippen molar-refractivity contribution in [1.82, 2.24) is 0 Å². The fourth-order valence-corrected chi connectivity index (χ4v) is 2.10. The van der Waals surface area contributed by atoms with Crippen LogP contribution in [-0.4, -0.2) is 12.4 Å². The van der Waals surface area contributed by atoms with Crippen LogP contribution in [0.2, 0.25) is 0 Å². The van der Waals surface area contributed by atoms with Crippen LogP contribution in [0.5, 0.6) is 0 Å². The molecular formula is C18H16F4N2. The second kappa shape index (κ2) is 7.86. The Labute approximate surface area is 137 Å². The Kier molecular flexibility index (Phi) is 5.84. The number of benzene rings is 2. The summed E-state index contributed by atoms with van der Waals surface area (Å²) in [4.78, 5) is 0. The number of hydrogen-bond acceptors (Lipinski definition) is 2. The van der Waals surface area contributed by atoms with E-state index in [0.29, 0.717) is 6.07 Å². The van der Waals surface area contributed by atoms with Crippen molar-refractivity contribution in [3.63, 3.8) is 0 Å². The van der Waals surface area contributed by atoms with Crippen LogP contribution >= 0.6 is 0 Å². The van der Waals surface area contributed by atoms with Crippen molar-refractivity contribution < 1.29 is 17.6 Å². The summed E-state index contributed by atoms with van der Waals surface area (Å²) in [5, 5.41) is 7.54. The highest BCUT2D eigenvalue weighted by atomic mass is 19.4. The topological polar surface area (TPSA) is 24.7 Å². The largest absolute Gasteiger partial charge is 0.419 e. The van der Waals surface area contributed by atoms with Gasteiger partial charge in [0.2, 0.25) is 0 Å². The molecule has 0 unspecified atom stereocenters. The van der Waals surface area contributed by atoms with E-state index in [2.05, 4.69) is 17.1 Å². The van der Waals surface area contributed by atoms with Crippen molar-refractivity contribution in [3.8, 4) is 0 Å². The third kappa shape index (κ3) is 5.01. The number of rotatable bonds is 5. The molecule has 2 rings (SSSR count). The minimum Gasteiger partial charge on any atom is -0.206 e. The van der Waals surface area contributed by atoms with Crippen LogP contribution < -0.4 is 0 Å². The third-order valence-corrected chi connectivity index (χ3v) is 3.30. The number of aryl methyl sites for hydroxylation is 1. The summed E-state index contributed by atoms with van der Waals surface area (Å²) in [6.07, 6.45) is 0.0934. The molecule has 0 amide bonds. The molecule has 0 saturated heterocycles. The lowest BCUT2D eigenvalue weighted by Gasteiger charge is -2.07. The maximum Gasteiger partial charge on any atom is 0.419 e. The van der Waals surface area contributed by atoms with Crippen LogP contribution in [0.1, 0.15) is 35.6 Å². The summed E-state index contributed by atoms with van der Waals surface area (Å²) in [5.41, 5.74) is 0.996. The molecule has 0 N–H and O–H groups in total. The summed E-state index contributed by atoms with van der Waals surface area (Å²) in [6, 6.07) is 10.4. The van der Waals surface area contributed by atoms with Crippen molar-refractivity contribution in [1.29, 1.82) is 0 Å². The van der Waals surface area contributed by atoms with Crippen LogP contribution in [0, 0.1) is 5.82 Å². The van der Waals surface area contributed by atoms with Gasteiger partial charge in [0.25, 0.3) is 0 Å². The molecule has 0 aliphatic heterocycles. The Balaban J connectivity index is 2.02. The van der Waals surface area contributed by atoms with Gasteiger partial charge >= 0.3 is 6.18 Å². The second-order valence-corrected chi connectivity index (χ2v) is 5.22. The molecule has 0 spiro atoms. The summed E-state index contributed by atoms with van der Waals surface area (Å²) in [7, 11) is 0. The van der Waals surface area contributed by atoms with Crippen LogP contribution in [0.3, 0.4) is 0 Å². The fraction of sp³-hybridized carbons (Fsp3) is 0.222. The third-order valence-electron chi connectivity index (χ3n) is 3.30. The van der Waals surface area contributed by atoms with Gasteiger partial charge in [-0.05, 0) is 35.2 Å². The van der Waals surface area contributed by atoms with Gasteiger partial charge in [-0.3, -0.25) is 0 Å². The highest BCUT2D eigenvalue weighted by Gasteiger charge is 2.33. The van der Waals surface area contributed by atoms with Gasteiger partial charge in [0.15, 0.2) is 0 Å². The van der Waals surface area contributed by atoms with Crippen LogP contribution in [0.4, 0.5) is 17.6 Å². The van der Waals surface area contributed by atoms with Gasteiger partial charge < -0.3 is 0 Å². The first kappa shape index (κ1) is 17.8. The Morgan fingerprint density at radius 1 is 0.917 bits per heavy atom. The van der Waals surface area contributed by atoms with E-state index in [-0.39, 0.29) is 5.56 Å². The van der Waals surface area contributed by atoms with Crippen LogP contribution in [0.25, 0.3) is 0 Å². The van der Waals surface area contributed by atoms with Gasteiger partial charge in [-0.1, -0.05) is 43.7 Å². The standard InChI is InChI=1S/C18H16F4N2/c1-2-3-13-4-6-14(7-5-13)11-23-24-12-15-8-9-16(17(19)10-15)18(20,21)22/h4-12H,2-3H2,1H3/b23-11+,24-12+. The van der Waals surface area contributed by atoms with E-state index in [4.69, 9.17) is 0 Å². The molecule has 2 aromatic rings. The minimum absolute atomic E-state index is 0.205. The first-order valence-electron chi connectivity index (χ1n) is 7.42. The van der Waals surface area contributed by atoms with Gasteiger partial charge in [-0.15, -0.1) is 0 Å². The molecule has 0 radical (unpaired) electrons. The molecule has 0 aliphatic carbocycles. The molecule has 0 atom stereocenters. The Bertz CT molecular complexity index is 732. The maximum atomic E-state index is 13.4. The monoisotopic (exact) mass is 336 g/mol. The van der Waals surface area contributed by atoms with Gasteiger partial charge in [-0.25, -0.2) is 4.39 Å². The average Bonchev–Trinajstić information content (AvgIpc) is 2.52. The van der Waals surface area contributed by atoms with E-state index >= 15 is 0 Å². The average molecular weight is 336 g/mol. The van der Waals surface area contributed by atoms with Gasteiger partial charge in [-0.2, -0.15) is 23.4 Å². The number of hydrogen-bond donors (Lipinski definition) is 0. The first-order valence-corrected chi connectivity index (χ1v) is 7.42. The summed E-state index contributed by atoms with van der Waals surface area (Å²) >= 11 is 0. The lowest BCUT2D eigenvalue weighted by atomic mass is 10.1.